The van der Waals surface area contributed by atoms with Crippen LogP contribution in [0.25, 0.3) is 4.96 Å². The van der Waals surface area contributed by atoms with Gasteiger partial charge in [0.15, 0.2) is 0 Å². The third-order valence-electron chi connectivity index (χ3n) is 5.55. The third-order valence-corrected chi connectivity index (χ3v) is 6.52. The van der Waals surface area contributed by atoms with Gasteiger partial charge in [-0.25, -0.2) is 4.98 Å². The highest BCUT2D eigenvalue weighted by Crippen LogP contribution is 2.29. The molecule has 1 fully saturated rings. The average Bonchev–Trinajstić information content (AvgIpc) is 3.24. The van der Waals surface area contributed by atoms with Gasteiger partial charge in [-0.3, -0.25) is 9.59 Å². The second kappa shape index (κ2) is 9.56. The van der Waals surface area contributed by atoms with Crippen molar-refractivity contribution in [2.75, 3.05) is 37.5 Å². The summed E-state index contributed by atoms with van der Waals surface area (Å²) in [4.78, 5) is 32.5. The van der Waals surface area contributed by atoms with Crippen molar-refractivity contribution in [2.45, 2.75) is 32.6 Å². The number of hydrogen-bond donors (Lipinski definition) is 1. The number of carbonyl (C=O) groups is 1. The molecule has 0 atom stereocenters. The number of amides is 1. The third kappa shape index (κ3) is 4.69. The first-order chi connectivity index (χ1) is 15.5. The van der Waals surface area contributed by atoms with Crippen LogP contribution in [-0.4, -0.2) is 47.8 Å². The van der Waals surface area contributed by atoms with Crippen LogP contribution in [0.1, 0.15) is 31.9 Å². The van der Waals surface area contributed by atoms with Crippen LogP contribution in [-0.2, 0) is 11.2 Å². The summed E-state index contributed by atoms with van der Waals surface area (Å²) in [6.45, 7) is 3.44. The first-order valence-electron chi connectivity index (χ1n) is 10.7. The van der Waals surface area contributed by atoms with Crippen molar-refractivity contribution in [3.05, 3.63) is 40.3 Å². The van der Waals surface area contributed by atoms with Crippen molar-refractivity contribution in [3.8, 4) is 11.5 Å². The zero-order valence-corrected chi connectivity index (χ0v) is 19.3. The second-order valence-electron chi connectivity index (χ2n) is 7.77. The standard InChI is InChI=1S/C22H27N5O4S/c1-4-5-15-12-19(28)27-21(24-15)32-22(25-27)26-8-6-14(7-9-26)20(29)23-16-10-17(30-2)13-18(11-16)31-3/h10-14H,4-9H2,1-3H3,(H,23,29). The number of piperidine rings is 1. The molecular formula is C22H27N5O4S. The Balaban J connectivity index is 1.41. The topological polar surface area (TPSA) is 98.1 Å². The van der Waals surface area contributed by atoms with Crippen molar-refractivity contribution >= 4 is 33.0 Å². The predicted octanol–water partition coefficient (Wildman–Crippen LogP) is 2.98. The molecule has 0 aliphatic carbocycles. The summed E-state index contributed by atoms with van der Waals surface area (Å²) < 4.78 is 11.9. The van der Waals surface area contributed by atoms with Gasteiger partial charge in [0.1, 0.15) is 11.5 Å². The minimum atomic E-state index is -0.149. The summed E-state index contributed by atoms with van der Waals surface area (Å²) in [5.41, 5.74) is 1.30. The molecule has 0 spiro atoms. The quantitative estimate of drug-likeness (QED) is 0.582. The summed E-state index contributed by atoms with van der Waals surface area (Å²) in [6, 6.07) is 6.87. The lowest BCUT2D eigenvalue weighted by Gasteiger charge is -2.30. The molecule has 0 saturated carbocycles. The Hall–Kier alpha value is -3.14. The minimum Gasteiger partial charge on any atom is -0.497 e. The molecule has 1 aliphatic heterocycles. The highest BCUT2D eigenvalue weighted by Gasteiger charge is 2.27. The van der Waals surface area contributed by atoms with Crippen LogP contribution < -0.4 is 25.2 Å². The molecule has 1 saturated heterocycles. The van der Waals surface area contributed by atoms with Gasteiger partial charge in [-0.2, -0.15) is 4.52 Å². The Morgan fingerprint density at radius 2 is 1.84 bits per heavy atom. The number of methoxy groups -OCH3 is 2. The Kier molecular flexibility index (Phi) is 6.59. The number of aromatic nitrogens is 3. The molecule has 0 radical (unpaired) electrons. The molecule has 32 heavy (non-hydrogen) atoms. The van der Waals surface area contributed by atoms with Gasteiger partial charge in [-0.15, -0.1) is 5.10 Å². The van der Waals surface area contributed by atoms with E-state index in [1.165, 1.54) is 15.9 Å². The van der Waals surface area contributed by atoms with E-state index in [1.54, 1.807) is 38.5 Å². The van der Waals surface area contributed by atoms with Gasteiger partial charge < -0.3 is 19.7 Å². The lowest BCUT2D eigenvalue weighted by molar-refractivity contribution is -0.120. The van der Waals surface area contributed by atoms with E-state index in [-0.39, 0.29) is 17.4 Å². The summed E-state index contributed by atoms with van der Waals surface area (Å²) >= 11 is 1.42. The Morgan fingerprint density at radius 1 is 1.16 bits per heavy atom. The number of fused-ring (bicyclic) bond motifs is 1. The van der Waals surface area contributed by atoms with Crippen molar-refractivity contribution < 1.29 is 14.3 Å². The molecule has 0 unspecified atom stereocenters. The molecule has 2 aromatic heterocycles. The molecule has 1 amide bonds. The first kappa shape index (κ1) is 22.1. The van der Waals surface area contributed by atoms with Crippen LogP contribution in [0.5, 0.6) is 11.5 Å². The average molecular weight is 458 g/mol. The van der Waals surface area contributed by atoms with Crippen LogP contribution in [0.15, 0.2) is 29.1 Å². The Bertz CT molecular complexity index is 1140. The monoisotopic (exact) mass is 457 g/mol. The fraction of sp³-hybridized carbons (Fsp3) is 0.455. The number of nitrogens with one attached hydrogen (secondary N) is 1. The van der Waals surface area contributed by atoms with E-state index in [1.807, 2.05) is 0 Å². The van der Waals surface area contributed by atoms with Gasteiger partial charge >= 0.3 is 0 Å². The van der Waals surface area contributed by atoms with Crippen LogP contribution in [0, 0.1) is 5.92 Å². The summed E-state index contributed by atoms with van der Waals surface area (Å²) in [5, 5.41) is 8.21. The van der Waals surface area contributed by atoms with E-state index in [0.717, 1.165) is 23.7 Å². The molecule has 4 rings (SSSR count). The molecule has 9 nitrogen and oxygen atoms in total. The summed E-state index contributed by atoms with van der Waals surface area (Å²) in [7, 11) is 3.15. The lowest BCUT2D eigenvalue weighted by Crippen LogP contribution is -2.38. The van der Waals surface area contributed by atoms with Crippen molar-refractivity contribution in [2.24, 2.45) is 5.92 Å². The number of aryl methyl sites for hydroxylation is 1. The molecule has 3 heterocycles. The number of rotatable bonds is 7. The first-order valence-corrected chi connectivity index (χ1v) is 11.5. The van der Waals surface area contributed by atoms with E-state index >= 15 is 0 Å². The zero-order chi connectivity index (χ0) is 22.7. The van der Waals surface area contributed by atoms with Crippen molar-refractivity contribution in [3.63, 3.8) is 0 Å². The maximum absolute atomic E-state index is 12.8. The smallest absolute Gasteiger partial charge is 0.275 e. The fourth-order valence-corrected chi connectivity index (χ4v) is 4.79. The van der Waals surface area contributed by atoms with E-state index < -0.39 is 0 Å². The lowest BCUT2D eigenvalue weighted by atomic mass is 9.96. The number of anilines is 2. The maximum atomic E-state index is 12.8. The molecule has 170 valence electrons. The van der Waals surface area contributed by atoms with Gasteiger partial charge in [0.05, 0.1) is 14.2 Å². The summed E-state index contributed by atoms with van der Waals surface area (Å²) in [5.74, 6) is 1.12. The number of carbonyl (C=O) groups excluding carboxylic acids is 1. The number of ether oxygens (including phenoxy) is 2. The van der Waals surface area contributed by atoms with Crippen LogP contribution in [0.2, 0.25) is 0 Å². The molecule has 10 heteroatoms. The van der Waals surface area contributed by atoms with Gasteiger partial charge in [0.2, 0.25) is 16.0 Å². The van der Waals surface area contributed by atoms with E-state index in [4.69, 9.17) is 9.47 Å². The van der Waals surface area contributed by atoms with Gasteiger partial charge in [-0.1, -0.05) is 24.7 Å². The Morgan fingerprint density at radius 3 is 2.47 bits per heavy atom. The minimum absolute atomic E-state index is 0.0219. The van der Waals surface area contributed by atoms with E-state index in [9.17, 15) is 9.59 Å². The van der Waals surface area contributed by atoms with Gasteiger partial charge in [-0.05, 0) is 19.3 Å². The second-order valence-corrected chi connectivity index (χ2v) is 8.70. The van der Waals surface area contributed by atoms with Crippen LogP contribution in [0.3, 0.4) is 0 Å². The normalized spacial score (nSPS) is 14.5. The molecule has 3 aromatic rings. The number of hydrogen-bond acceptors (Lipinski definition) is 8. The van der Waals surface area contributed by atoms with Gasteiger partial charge in [0.25, 0.3) is 5.56 Å². The highest BCUT2D eigenvalue weighted by molar-refractivity contribution is 7.20. The fourth-order valence-electron chi connectivity index (χ4n) is 3.82. The van der Waals surface area contributed by atoms with Crippen LogP contribution in [0.4, 0.5) is 10.8 Å². The highest BCUT2D eigenvalue weighted by atomic mass is 32.1. The van der Waals surface area contributed by atoms with Crippen LogP contribution >= 0.6 is 11.3 Å². The SMILES string of the molecule is CCCc1cc(=O)n2nc(N3CCC(C(=O)Nc4cc(OC)cc(OC)c4)CC3)sc2n1. The Labute approximate surface area is 190 Å². The maximum Gasteiger partial charge on any atom is 0.275 e. The summed E-state index contributed by atoms with van der Waals surface area (Å²) in [6.07, 6.45) is 3.11. The van der Waals surface area contributed by atoms with Crippen molar-refractivity contribution in [1.29, 1.82) is 0 Å². The number of benzene rings is 1. The molecular weight excluding hydrogens is 430 g/mol. The van der Waals surface area contributed by atoms with Crippen molar-refractivity contribution in [1.82, 2.24) is 14.6 Å². The molecule has 1 aromatic carbocycles. The largest absolute Gasteiger partial charge is 0.497 e. The molecule has 1 aliphatic rings. The zero-order valence-electron chi connectivity index (χ0n) is 18.5. The van der Waals surface area contributed by atoms with E-state index in [2.05, 4.69) is 27.2 Å². The molecule has 1 N–H and O–H groups in total. The predicted molar refractivity (Wildman–Crippen MR) is 124 cm³/mol. The molecule has 0 bridgehead atoms. The number of nitrogens with zero attached hydrogens (tertiary/aromatic N) is 4. The van der Waals surface area contributed by atoms with Gasteiger partial charge in [0, 0.05) is 54.7 Å². The van der Waals surface area contributed by atoms with E-state index in [0.29, 0.717) is 48.1 Å².